The molecule has 0 fully saturated rings. The van der Waals surface area contributed by atoms with Crippen LogP contribution in [0.2, 0.25) is 0 Å². The first-order valence-electron chi connectivity index (χ1n) is 8.87. The van der Waals surface area contributed by atoms with E-state index in [0.717, 1.165) is 22.2 Å². The van der Waals surface area contributed by atoms with E-state index in [0.29, 0.717) is 31.4 Å². The van der Waals surface area contributed by atoms with Crippen molar-refractivity contribution in [1.29, 1.82) is 10.5 Å². The molecule has 1 aliphatic rings. The predicted molar refractivity (Wildman–Crippen MR) is 98.6 cm³/mol. The van der Waals surface area contributed by atoms with E-state index in [1.165, 1.54) is 10.4 Å². The minimum Gasteiger partial charge on any atom is -0.760 e. The third kappa shape index (κ3) is 3.61. The van der Waals surface area contributed by atoms with Gasteiger partial charge in [-0.05, 0) is 43.0 Å². The Hall–Kier alpha value is -2.26. The van der Waals surface area contributed by atoms with Crippen molar-refractivity contribution in [3.63, 3.8) is 0 Å². The van der Waals surface area contributed by atoms with Gasteiger partial charge in [0.1, 0.15) is 5.82 Å². The molecule has 0 bridgehead atoms. The highest BCUT2D eigenvalue weighted by atomic mass is 32.2. The number of halogens is 1. The van der Waals surface area contributed by atoms with E-state index in [-0.39, 0.29) is 31.2 Å². The number of aryl methyl sites for hydroxylation is 2. The summed E-state index contributed by atoms with van der Waals surface area (Å²) in [5, 5.41) is 18.6. The van der Waals surface area contributed by atoms with Crippen molar-refractivity contribution >= 4 is 22.2 Å². The Morgan fingerprint density at radius 3 is 2.78 bits per heavy atom. The zero-order valence-corrected chi connectivity index (χ0v) is 15.9. The highest BCUT2D eigenvalue weighted by Crippen LogP contribution is 2.42. The highest BCUT2D eigenvalue weighted by Gasteiger charge is 2.30. The zero-order valence-electron chi connectivity index (χ0n) is 15.1. The van der Waals surface area contributed by atoms with Crippen LogP contribution in [0.1, 0.15) is 42.0 Å². The minimum atomic E-state index is -2.41. The molecule has 1 aromatic heterocycles. The fourth-order valence-electron chi connectivity index (χ4n) is 4.13. The fraction of sp³-hybridized carbons (Fsp3) is 0.474. The Morgan fingerprint density at radius 1 is 1.37 bits per heavy atom. The van der Waals surface area contributed by atoms with Crippen LogP contribution in [-0.4, -0.2) is 30.7 Å². The smallest absolute Gasteiger partial charge is 0.127 e. The van der Waals surface area contributed by atoms with Crippen LogP contribution in [0.4, 0.5) is 4.39 Å². The molecule has 1 heterocycles. The molecule has 0 spiro atoms. The lowest BCUT2D eigenvalue weighted by Gasteiger charge is -2.31. The van der Waals surface area contributed by atoms with E-state index in [1.54, 1.807) is 6.07 Å². The van der Waals surface area contributed by atoms with Gasteiger partial charge in [0.25, 0.3) is 0 Å². The maximum atomic E-state index is 14.4. The second-order valence-corrected chi connectivity index (χ2v) is 7.68. The molecule has 0 radical (unpaired) electrons. The summed E-state index contributed by atoms with van der Waals surface area (Å²) in [5.41, 5.74) is 3.49. The van der Waals surface area contributed by atoms with Gasteiger partial charge in [0.15, 0.2) is 0 Å². The molecule has 2 unspecified atom stereocenters. The number of benzene rings is 1. The Labute approximate surface area is 160 Å². The summed E-state index contributed by atoms with van der Waals surface area (Å²) in [5.74, 6) is -0.310. The first-order valence-corrected chi connectivity index (χ1v) is 9.91. The van der Waals surface area contributed by atoms with Crippen molar-refractivity contribution in [2.24, 2.45) is 0 Å². The van der Waals surface area contributed by atoms with E-state index in [9.17, 15) is 13.2 Å². The SMILES string of the molecule is Cc1c2c3c(c(F)ccc3n1CCC#N)CCC2CN(CCC#N)S(=O)[O-]. The fourth-order valence-corrected chi connectivity index (χ4v) is 4.67. The van der Waals surface area contributed by atoms with Gasteiger partial charge >= 0.3 is 0 Å². The molecule has 3 rings (SSSR count). The Balaban J connectivity index is 2.07. The predicted octanol–water partition coefficient (Wildman–Crippen LogP) is 3.04. The molecule has 1 aliphatic carbocycles. The van der Waals surface area contributed by atoms with Gasteiger partial charge in [-0.2, -0.15) is 10.5 Å². The van der Waals surface area contributed by atoms with Gasteiger partial charge in [0, 0.05) is 59.8 Å². The van der Waals surface area contributed by atoms with Gasteiger partial charge < -0.3 is 9.12 Å². The number of hydrogen-bond acceptors (Lipinski definition) is 4. The molecule has 27 heavy (non-hydrogen) atoms. The minimum absolute atomic E-state index is 0.0678. The molecule has 0 saturated heterocycles. The third-order valence-corrected chi connectivity index (χ3v) is 6.05. The standard InChI is InChI=1S/C19H21FN4O2S/c1-13-18-14(12-23(27(25)26)10-2-8-21)4-5-15-16(20)6-7-17(19(15)18)24(13)11-3-9-22/h6-7,14H,2-5,10-12H2,1H3,(H,25,26)/p-1. The van der Waals surface area contributed by atoms with Crippen LogP contribution < -0.4 is 0 Å². The van der Waals surface area contributed by atoms with Gasteiger partial charge in [0.05, 0.1) is 18.6 Å². The van der Waals surface area contributed by atoms with E-state index in [4.69, 9.17) is 10.5 Å². The quantitative estimate of drug-likeness (QED) is 0.682. The van der Waals surface area contributed by atoms with Gasteiger partial charge in [-0.15, -0.1) is 0 Å². The maximum Gasteiger partial charge on any atom is 0.127 e. The van der Waals surface area contributed by atoms with Gasteiger partial charge in [-0.25, -0.2) is 8.70 Å². The summed E-state index contributed by atoms with van der Waals surface area (Å²) in [6.45, 7) is 2.88. The van der Waals surface area contributed by atoms with Crippen LogP contribution >= 0.6 is 0 Å². The maximum absolute atomic E-state index is 14.4. The molecular weight excluding hydrogens is 367 g/mol. The van der Waals surface area contributed by atoms with Gasteiger partial charge in [0.2, 0.25) is 0 Å². The Morgan fingerprint density at radius 2 is 2.11 bits per heavy atom. The average Bonchev–Trinajstić information content (AvgIpc) is 2.93. The van der Waals surface area contributed by atoms with E-state index < -0.39 is 11.3 Å². The molecule has 0 N–H and O–H groups in total. The van der Waals surface area contributed by atoms with E-state index in [1.807, 2.05) is 17.6 Å². The van der Waals surface area contributed by atoms with Crippen LogP contribution in [0.15, 0.2) is 12.1 Å². The molecule has 6 nitrogen and oxygen atoms in total. The zero-order chi connectivity index (χ0) is 19.6. The average molecular weight is 387 g/mol. The van der Waals surface area contributed by atoms with Crippen molar-refractivity contribution in [2.45, 2.75) is 45.1 Å². The van der Waals surface area contributed by atoms with Crippen LogP contribution in [0.5, 0.6) is 0 Å². The highest BCUT2D eigenvalue weighted by molar-refractivity contribution is 7.76. The summed E-state index contributed by atoms with van der Waals surface area (Å²) in [4.78, 5) is 0. The van der Waals surface area contributed by atoms with Gasteiger partial charge in [-0.1, -0.05) is 0 Å². The van der Waals surface area contributed by atoms with Crippen molar-refractivity contribution < 1.29 is 13.2 Å². The molecule has 0 amide bonds. The molecule has 8 heteroatoms. The molecule has 0 saturated carbocycles. The normalized spacial score (nSPS) is 17.0. The first-order chi connectivity index (χ1) is 13.0. The molecular formula is C19H20FN4O2S-. The van der Waals surface area contributed by atoms with Crippen molar-refractivity contribution in [3.8, 4) is 12.1 Å². The molecule has 2 atom stereocenters. The third-order valence-electron chi connectivity index (χ3n) is 5.29. The van der Waals surface area contributed by atoms with Crippen molar-refractivity contribution in [2.75, 3.05) is 13.1 Å². The summed E-state index contributed by atoms with van der Waals surface area (Å²) in [6, 6.07) is 7.32. The molecule has 0 aliphatic heterocycles. The van der Waals surface area contributed by atoms with Crippen LogP contribution in [0.3, 0.4) is 0 Å². The number of rotatable bonds is 7. The van der Waals surface area contributed by atoms with Crippen LogP contribution in [0, 0.1) is 35.4 Å². The number of hydrogen-bond donors (Lipinski definition) is 0. The number of aromatic nitrogens is 1. The molecule has 2 aromatic rings. The van der Waals surface area contributed by atoms with Crippen LogP contribution in [0.25, 0.3) is 10.9 Å². The Kier molecular flexibility index (Phi) is 5.91. The van der Waals surface area contributed by atoms with E-state index >= 15 is 0 Å². The lowest BCUT2D eigenvalue weighted by atomic mass is 9.83. The second-order valence-electron chi connectivity index (χ2n) is 6.73. The summed E-state index contributed by atoms with van der Waals surface area (Å²) >= 11 is -2.41. The molecule has 1 aromatic carbocycles. The number of nitriles is 2. The van der Waals surface area contributed by atoms with Crippen LogP contribution in [-0.2, 0) is 24.2 Å². The van der Waals surface area contributed by atoms with E-state index in [2.05, 4.69) is 6.07 Å². The molecule has 142 valence electrons. The summed E-state index contributed by atoms with van der Waals surface area (Å²) in [6.07, 6.45) is 1.66. The lowest BCUT2D eigenvalue weighted by molar-refractivity contribution is 0.361. The van der Waals surface area contributed by atoms with Crippen molar-refractivity contribution in [1.82, 2.24) is 8.87 Å². The summed E-state index contributed by atoms with van der Waals surface area (Å²) in [7, 11) is 0. The topological polar surface area (TPSA) is 95.9 Å². The largest absolute Gasteiger partial charge is 0.760 e. The monoisotopic (exact) mass is 387 g/mol. The lowest BCUT2D eigenvalue weighted by Crippen LogP contribution is -2.32. The number of nitrogens with zero attached hydrogens (tertiary/aromatic N) is 4. The summed E-state index contributed by atoms with van der Waals surface area (Å²) < 4.78 is 40.8. The van der Waals surface area contributed by atoms with Crippen molar-refractivity contribution in [3.05, 3.63) is 34.8 Å². The van der Waals surface area contributed by atoms with Gasteiger partial charge in [-0.3, -0.25) is 4.21 Å². The first kappa shape index (κ1) is 19.5. The second kappa shape index (κ2) is 8.18. The Bertz CT molecular complexity index is 973.